The van der Waals surface area contributed by atoms with Crippen LogP contribution in [0.2, 0.25) is 0 Å². The Balaban J connectivity index is 1.64. The Morgan fingerprint density at radius 1 is 1.16 bits per heavy atom. The number of nitro benzene ring substituents is 1. The van der Waals surface area contributed by atoms with Gasteiger partial charge in [-0.05, 0) is 17.7 Å². The van der Waals surface area contributed by atoms with E-state index in [4.69, 9.17) is 9.57 Å². The minimum Gasteiger partial charge on any atom is -0.494 e. The van der Waals surface area contributed by atoms with Gasteiger partial charge in [-0.3, -0.25) is 15.0 Å². The molecule has 12 heteroatoms. The number of rotatable bonds is 6. The van der Waals surface area contributed by atoms with Crippen LogP contribution in [0.15, 0.2) is 42.7 Å². The first-order valence-electron chi connectivity index (χ1n) is 9.35. The number of methoxy groups -OCH3 is 1. The maximum Gasteiger partial charge on any atom is 0.307 e. The van der Waals surface area contributed by atoms with Gasteiger partial charge >= 0.3 is 5.69 Å². The third-order valence-electron chi connectivity index (χ3n) is 4.78. The molecule has 1 aliphatic heterocycles. The van der Waals surface area contributed by atoms with E-state index in [1.807, 2.05) is 0 Å². The summed E-state index contributed by atoms with van der Waals surface area (Å²) in [7, 11) is 1.29. The molecule has 0 spiro atoms. The van der Waals surface area contributed by atoms with Crippen LogP contribution in [0, 0.1) is 27.6 Å². The fourth-order valence-electron chi connectivity index (χ4n) is 3.39. The zero-order chi connectivity index (χ0) is 22.8. The smallest absolute Gasteiger partial charge is 0.307 e. The largest absolute Gasteiger partial charge is 0.494 e. The molecule has 0 bridgehead atoms. The Bertz CT molecular complexity index is 1160. The molecule has 1 N–H and O–H groups in total. The van der Waals surface area contributed by atoms with Crippen molar-refractivity contribution in [2.45, 2.75) is 12.5 Å². The lowest BCUT2D eigenvalue weighted by Crippen LogP contribution is -2.22. The maximum atomic E-state index is 13.9. The highest BCUT2D eigenvalue weighted by atomic mass is 19.1. The van der Waals surface area contributed by atoms with Gasteiger partial charge in [-0.2, -0.15) is 4.39 Å². The minimum atomic E-state index is -1.04. The Morgan fingerprint density at radius 2 is 1.91 bits per heavy atom. The van der Waals surface area contributed by atoms with E-state index < -0.39 is 34.1 Å². The minimum absolute atomic E-state index is 0.0267. The number of nitrogens with one attached hydrogen (secondary N) is 1. The van der Waals surface area contributed by atoms with Gasteiger partial charge in [-0.15, -0.1) is 0 Å². The number of ether oxygens (including phenoxy) is 1. The average Bonchev–Trinajstić information content (AvgIpc) is 3.24. The van der Waals surface area contributed by atoms with Crippen LogP contribution in [0.5, 0.6) is 5.75 Å². The summed E-state index contributed by atoms with van der Waals surface area (Å²) in [6.07, 6.45) is 1.68. The van der Waals surface area contributed by atoms with Gasteiger partial charge in [0.25, 0.3) is 0 Å². The quantitative estimate of drug-likeness (QED) is 0.437. The van der Waals surface area contributed by atoms with Crippen molar-refractivity contribution in [1.82, 2.24) is 9.97 Å². The van der Waals surface area contributed by atoms with Gasteiger partial charge in [0.05, 0.1) is 30.4 Å². The van der Waals surface area contributed by atoms with Crippen molar-refractivity contribution in [3.8, 4) is 5.75 Å². The summed E-state index contributed by atoms with van der Waals surface area (Å²) in [4.78, 5) is 24.0. The van der Waals surface area contributed by atoms with Crippen LogP contribution in [0.3, 0.4) is 0 Å². The zero-order valence-electron chi connectivity index (χ0n) is 16.6. The normalized spacial score (nSPS) is 15.6. The first-order chi connectivity index (χ1) is 15.4. The molecular formula is C20H16F3N5O4. The summed E-state index contributed by atoms with van der Waals surface area (Å²) in [6.45, 7) is 0.299. The van der Waals surface area contributed by atoms with Crippen molar-refractivity contribution in [2.24, 2.45) is 0 Å². The number of anilines is 3. The lowest BCUT2D eigenvalue weighted by Gasteiger charge is -2.24. The number of aromatic nitrogens is 2. The first kappa shape index (κ1) is 21.3. The van der Waals surface area contributed by atoms with Crippen LogP contribution in [0.4, 0.5) is 36.2 Å². The summed E-state index contributed by atoms with van der Waals surface area (Å²) in [6, 6.07) is 6.08. The molecule has 1 saturated heterocycles. The van der Waals surface area contributed by atoms with Crippen molar-refractivity contribution >= 4 is 23.0 Å². The average molecular weight is 447 g/mol. The molecule has 32 heavy (non-hydrogen) atoms. The second-order valence-electron chi connectivity index (χ2n) is 6.81. The molecule has 9 nitrogen and oxygen atoms in total. The standard InChI is InChI=1S/C20H16F3N5O4/c1-31-18-7-14(23)17(28(29)30)8-15(18)26-19-9-20(25-10-24-19)27-16(2-3-32-27)11-4-12(21)6-13(22)5-11/h4-10,16H,2-3H2,1H3,(H,24,25,26)/t16-/m1/s1. The van der Waals surface area contributed by atoms with Gasteiger partial charge in [0.1, 0.15) is 29.5 Å². The zero-order valence-corrected chi connectivity index (χ0v) is 16.6. The van der Waals surface area contributed by atoms with Crippen LogP contribution >= 0.6 is 0 Å². The van der Waals surface area contributed by atoms with Gasteiger partial charge in [0, 0.05) is 30.7 Å². The monoisotopic (exact) mass is 447 g/mol. The van der Waals surface area contributed by atoms with Gasteiger partial charge in [-0.1, -0.05) is 0 Å². The van der Waals surface area contributed by atoms with Crippen LogP contribution in [0.25, 0.3) is 0 Å². The molecule has 4 rings (SSSR count). The van der Waals surface area contributed by atoms with E-state index in [0.29, 0.717) is 18.6 Å². The summed E-state index contributed by atoms with van der Waals surface area (Å²) in [5, 5.41) is 15.3. The van der Waals surface area contributed by atoms with E-state index in [1.165, 1.54) is 36.7 Å². The topological polar surface area (TPSA) is 103 Å². The molecule has 0 saturated carbocycles. The molecule has 1 aromatic heterocycles. The van der Waals surface area contributed by atoms with Gasteiger partial charge in [0.15, 0.2) is 5.82 Å². The van der Waals surface area contributed by atoms with Crippen LogP contribution in [-0.2, 0) is 4.84 Å². The molecule has 1 fully saturated rings. The molecular weight excluding hydrogens is 431 g/mol. The molecule has 1 aliphatic rings. The van der Waals surface area contributed by atoms with Crippen molar-refractivity contribution in [3.05, 3.63) is 75.9 Å². The first-order valence-corrected chi connectivity index (χ1v) is 9.35. The molecule has 166 valence electrons. The van der Waals surface area contributed by atoms with E-state index in [2.05, 4.69) is 15.3 Å². The third kappa shape index (κ3) is 4.25. The Hall–Kier alpha value is -3.93. The molecule has 3 aromatic rings. The summed E-state index contributed by atoms with van der Waals surface area (Å²) in [5.41, 5.74) is -0.251. The molecule has 1 atom stereocenters. The maximum absolute atomic E-state index is 13.9. The second kappa shape index (κ2) is 8.67. The predicted octanol–water partition coefficient (Wildman–Crippen LogP) is 4.44. The molecule has 0 radical (unpaired) electrons. The number of halogens is 3. The lowest BCUT2D eigenvalue weighted by molar-refractivity contribution is -0.387. The predicted molar refractivity (Wildman–Crippen MR) is 107 cm³/mol. The van der Waals surface area contributed by atoms with Gasteiger partial charge < -0.3 is 10.1 Å². The van der Waals surface area contributed by atoms with E-state index in [-0.39, 0.29) is 23.1 Å². The second-order valence-corrected chi connectivity index (χ2v) is 6.81. The SMILES string of the molecule is COc1cc(F)c([N+](=O)[O-])cc1Nc1cc(N2OCC[C@@H]2c2cc(F)cc(F)c2)ncn1. The molecule has 2 aromatic carbocycles. The van der Waals surface area contributed by atoms with E-state index >= 15 is 0 Å². The van der Waals surface area contributed by atoms with Crippen molar-refractivity contribution < 1.29 is 27.7 Å². The Morgan fingerprint density at radius 3 is 2.59 bits per heavy atom. The van der Waals surface area contributed by atoms with E-state index in [1.54, 1.807) is 0 Å². The number of hydroxylamine groups is 1. The molecule has 0 amide bonds. The van der Waals surface area contributed by atoms with Gasteiger partial charge in [-0.25, -0.2) is 23.8 Å². The van der Waals surface area contributed by atoms with Crippen molar-refractivity contribution in [2.75, 3.05) is 24.1 Å². The van der Waals surface area contributed by atoms with Crippen molar-refractivity contribution in [1.29, 1.82) is 0 Å². The third-order valence-corrected chi connectivity index (χ3v) is 4.78. The molecule has 0 aliphatic carbocycles. The number of benzene rings is 2. The van der Waals surface area contributed by atoms with E-state index in [9.17, 15) is 23.3 Å². The molecule has 0 unspecified atom stereocenters. The van der Waals surface area contributed by atoms with Crippen LogP contribution in [0.1, 0.15) is 18.0 Å². The van der Waals surface area contributed by atoms with Gasteiger partial charge in [0.2, 0.25) is 5.82 Å². The van der Waals surface area contributed by atoms with Crippen LogP contribution < -0.4 is 15.1 Å². The highest BCUT2D eigenvalue weighted by Gasteiger charge is 2.30. The number of hydrogen-bond donors (Lipinski definition) is 1. The van der Waals surface area contributed by atoms with Crippen molar-refractivity contribution in [3.63, 3.8) is 0 Å². The molecule has 2 heterocycles. The fourth-order valence-corrected chi connectivity index (χ4v) is 3.39. The lowest BCUT2D eigenvalue weighted by atomic mass is 10.0. The number of hydrogen-bond acceptors (Lipinski definition) is 8. The fraction of sp³-hybridized carbons (Fsp3) is 0.200. The summed E-state index contributed by atoms with van der Waals surface area (Å²) < 4.78 is 46.3. The summed E-state index contributed by atoms with van der Waals surface area (Å²) >= 11 is 0. The Kier molecular flexibility index (Phi) is 5.77. The Labute approximate surface area is 179 Å². The van der Waals surface area contributed by atoms with E-state index in [0.717, 1.165) is 18.2 Å². The van der Waals surface area contributed by atoms with Crippen LogP contribution in [-0.4, -0.2) is 28.6 Å². The number of nitro groups is 1. The summed E-state index contributed by atoms with van der Waals surface area (Å²) in [5.74, 6) is -1.95. The highest BCUT2D eigenvalue weighted by Crippen LogP contribution is 2.37. The highest BCUT2D eigenvalue weighted by molar-refractivity contribution is 5.69. The number of nitrogens with zero attached hydrogens (tertiary/aromatic N) is 4.